The number of fused-ring (bicyclic) bond motifs is 1. The molecule has 0 unspecified atom stereocenters. The second-order valence-electron chi connectivity index (χ2n) is 8.56. The molecule has 1 aromatic carbocycles. The molecule has 1 fully saturated rings. The monoisotopic (exact) mass is 483 g/mol. The summed E-state index contributed by atoms with van der Waals surface area (Å²) in [5.74, 6) is 2.57. The number of unbranched alkanes of at least 4 members (excludes halogenated alkanes) is 1. The Morgan fingerprint density at radius 1 is 1.06 bits per heavy atom. The fourth-order valence-electron chi connectivity index (χ4n) is 4.23. The Bertz CT molecular complexity index is 1070. The molecule has 0 aliphatic carbocycles. The molecule has 5 nitrogen and oxygen atoms in total. The number of benzene rings is 1. The molecule has 0 atom stereocenters. The van der Waals surface area contributed by atoms with Crippen LogP contribution in [-0.2, 0) is 4.79 Å². The van der Waals surface area contributed by atoms with Crippen LogP contribution in [0, 0.1) is 5.92 Å². The molecule has 2 amide bonds. The van der Waals surface area contributed by atoms with E-state index in [-0.39, 0.29) is 17.7 Å². The van der Waals surface area contributed by atoms with Crippen LogP contribution in [0.1, 0.15) is 48.7 Å². The summed E-state index contributed by atoms with van der Waals surface area (Å²) < 4.78 is 2.13. The average molecular weight is 484 g/mol. The first kappa shape index (κ1) is 23.9. The highest BCUT2D eigenvalue weighted by Crippen LogP contribution is 2.28. The molecule has 0 spiro atoms. The maximum atomic E-state index is 13.1. The van der Waals surface area contributed by atoms with Gasteiger partial charge < -0.3 is 14.8 Å². The molecule has 1 aliphatic heterocycles. The van der Waals surface area contributed by atoms with Crippen molar-refractivity contribution in [3.8, 4) is 5.00 Å². The minimum Gasteiger partial charge on any atom is -0.356 e. The quantitative estimate of drug-likeness (QED) is 0.383. The number of thiophene rings is 1. The van der Waals surface area contributed by atoms with Crippen molar-refractivity contribution in [3.05, 3.63) is 53.5 Å². The van der Waals surface area contributed by atoms with E-state index in [1.165, 1.54) is 35.3 Å². The van der Waals surface area contributed by atoms with Crippen LogP contribution >= 0.6 is 23.1 Å². The van der Waals surface area contributed by atoms with Crippen molar-refractivity contribution in [1.82, 2.24) is 14.8 Å². The van der Waals surface area contributed by atoms with Crippen LogP contribution in [0.4, 0.5) is 0 Å². The number of aromatic nitrogens is 1. The van der Waals surface area contributed by atoms with Crippen molar-refractivity contribution < 1.29 is 9.59 Å². The highest BCUT2D eigenvalue weighted by Gasteiger charge is 2.28. The van der Waals surface area contributed by atoms with Gasteiger partial charge in [0.2, 0.25) is 5.91 Å². The third-order valence-corrected chi connectivity index (χ3v) is 8.43. The van der Waals surface area contributed by atoms with E-state index < -0.39 is 0 Å². The van der Waals surface area contributed by atoms with E-state index in [1.807, 2.05) is 40.9 Å². The van der Waals surface area contributed by atoms with Crippen LogP contribution < -0.4 is 5.32 Å². The van der Waals surface area contributed by atoms with Gasteiger partial charge in [-0.1, -0.05) is 31.5 Å². The smallest absolute Gasteiger partial charge is 0.263 e. The SMILES string of the molecule is CCCCSCCCNC(=O)C1CCN(C(=O)c2ccc(-n3ccc4ccccc43)s2)CC1. The van der Waals surface area contributed by atoms with Crippen molar-refractivity contribution in [2.75, 3.05) is 31.1 Å². The molecule has 0 radical (unpaired) electrons. The number of hydrogen-bond acceptors (Lipinski definition) is 4. The first-order valence-corrected chi connectivity index (χ1v) is 14.0. The molecule has 0 bridgehead atoms. The Labute approximate surface area is 204 Å². The van der Waals surface area contributed by atoms with Crippen LogP contribution in [0.25, 0.3) is 15.9 Å². The number of likely N-dealkylation sites (tertiary alicyclic amines) is 1. The second kappa shape index (κ2) is 11.7. The molecular weight excluding hydrogens is 450 g/mol. The topological polar surface area (TPSA) is 54.3 Å². The van der Waals surface area contributed by atoms with E-state index in [4.69, 9.17) is 0 Å². The third kappa shape index (κ3) is 6.01. The van der Waals surface area contributed by atoms with E-state index in [0.717, 1.165) is 47.0 Å². The largest absolute Gasteiger partial charge is 0.356 e. The van der Waals surface area contributed by atoms with Crippen LogP contribution in [0.5, 0.6) is 0 Å². The number of para-hydroxylation sites is 1. The van der Waals surface area contributed by atoms with Crippen molar-refractivity contribution >= 4 is 45.8 Å². The molecule has 3 heterocycles. The number of nitrogens with one attached hydrogen (secondary N) is 1. The Morgan fingerprint density at radius 3 is 2.67 bits per heavy atom. The highest BCUT2D eigenvalue weighted by atomic mass is 32.2. The fourth-order valence-corrected chi connectivity index (χ4v) is 6.24. The lowest BCUT2D eigenvalue weighted by atomic mass is 9.96. The van der Waals surface area contributed by atoms with Gasteiger partial charge in [0.25, 0.3) is 5.91 Å². The predicted molar refractivity (Wildman–Crippen MR) is 140 cm³/mol. The summed E-state index contributed by atoms with van der Waals surface area (Å²) in [5, 5.41) is 5.33. The standard InChI is InChI=1S/C26H33N3O2S2/c1-2-3-18-32-19-6-14-27-25(30)21-11-15-28(16-12-21)26(31)23-9-10-24(33-23)29-17-13-20-7-4-5-8-22(20)29/h4-5,7-10,13,17,21H,2-3,6,11-12,14-16,18-19H2,1H3,(H,27,30). The number of hydrogen-bond donors (Lipinski definition) is 1. The zero-order chi connectivity index (χ0) is 23.0. The summed E-state index contributed by atoms with van der Waals surface area (Å²) in [6, 6.07) is 14.3. The summed E-state index contributed by atoms with van der Waals surface area (Å²) in [5.41, 5.74) is 1.14. The van der Waals surface area contributed by atoms with Gasteiger partial charge in [0.1, 0.15) is 5.00 Å². The average Bonchev–Trinajstić information content (AvgIpc) is 3.50. The van der Waals surface area contributed by atoms with Crippen molar-refractivity contribution in [2.45, 2.75) is 39.0 Å². The van der Waals surface area contributed by atoms with E-state index in [0.29, 0.717) is 13.1 Å². The number of rotatable bonds is 10. The number of nitrogens with zero attached hydrogens (tertiary/aromatic N) is 2. The molecule has 33 heavy (non-hydrogen) atoms. The van der Waals surface area contributed by atoms with Crippen molar-refractivity contribution in [1.29, 1.82) is 0 Å². The van der Waals surface area contributed by atoms with Gasteiger partial charge in [0, 0.05) is 31.7 Å². The van der Waals surface area contributed by atoms with Gasteiger partial charge in [0.05, 0.1) is 10.4 Å². The molecule has 1 aliphatic rings. The van der Waals surface area contributed by atoms with Gasteiger partial charge in [0.15, 0.2) is 0 Å². The summed E-state index contributed by atoms with van der Waals surface area (Å²) in [4.78, 5) is 28.2. The molecule has 2 aromatic heterocycles. The van der Waals surface area contributed by atoms with Crippen molar-refractivity contribution in [3.63, 3.8) is 0 Å². The third-order valence-electron chi connectivity index (χ3n) is 6.20. The fraction of sp³-hybridized carbons (Fsp3) is 0.462. The van der Waals surface area contributed by atoms with Crippen LogP contribution in [-0.4, -0.2) is 52.4 Å². The minimum atomic E-state index is 0.0203. The molecule has 1 N–H and O–H groups in total. The number of thioether (sulfide) groups is 1. The highest BCUT2D eigenvalue weighted by molar-refractivity contribution is 7.99. The van der Waals surface area contributed by atoms with E-state index in [9.17, 15) is 9.59 Å². The lowest BCUT2D eigenvalue weighted by molar-refractivity contribution is -0.126. The zero-order valence-electron chi connectivity index (χ0n) is 19.3. The summed E-state index contributed by atoms with van der Waals surface area (Å²) >= 11 is 3.50. The van der Waals surface area contributed by atoms with Crippen LogP contribution in [0.15, 0.2) is 48.7 Å². The Balaban J connectivity index is 1.24. The lowest BCUT2D eigenvalue weighted by Crippen LogP contribution is -2.43. The summed E-state index contributed by atoms with van der Waals surface area (Å²) in [7, 11) is 0. The molecular formula is C26H33N3O2S2. The molecule has 0 saturated carbocycles. The Morgan fingerprint density at radius 2 is 1.85 bits per heavy atom. The molecule has 7 heteroatoms. The Hall–Kier alpha value is -2.25. The zero-order valence-corrected chi connectivity index (χ0v) is 20.9. The van der Waals surface area contributed by atoms with E-state index in [2.05, 4.69) is 41.2 Å². The van der Waals surface area contributed by atoms with E-state index in [1.54, 1.807) is 0 Å². The van der Waals surface area contributed by atoms with Crippen LogP contribution in [0.3, 0.4) is 0 Å². The normalized spacial score (nSPS) is 14.6. The maximum Gasteiger partial charge on any atom is 0.263 e. The first-order valence-electron chi connectivity index (χ1n) is 12.0. The number of piperidine rings is 1. The number of carbonyl (C=O) groups is 2. The summed E-state index contributed by atoms with van der Waals surface area (Å²) in [6.45, 7) is 4.25. The minimum absolute atomic E-state index is 0.0203. The van der Waals surface area contributed by atoms with Crippen molar-refractivity contribution in [2.24, 2.45) is 5.92 Å². The van der Waals surface area contributed by atoms with Gasteiger partial charge in [-0.05, 0) is 66.8 Å². The molecule has 176 valence electrons. The van der Waals surface area contributed by atoms with Gasteiger partial charge in [-0.2, -0.15) is 11.8 Å². The number of amides is 2. The van der Waals surface area contributed by atoms with Crippen LogP contribution in [0.2, 0.25) is 0 Å². The first-order chi connectivity index (χ1) is 16.2. The lowest BCUT2D eigenvalue weighted by Gasteiger charge is -2.31. The van der Waals surface area contributed by atoms with Gasteiger partial charge >= 0.3 is 0 Å². The predicted octanol–water partition coefficient (Wildman–Crippen LogP) is 5.58. The van der Waals surface area contributed by atoms with Gasteiger partial charge in [-0.3, -0.25) is 9.59 Å². The molecule has 4 rings (SSSR count). The molecule has 3 aromatic rings. The summed E-state index contributed by atoms with van der Waals surface area (Å²) in [6.07, 6.45) is 7.06. The van der Waals surface area contributed by atoms with Gasteiger partial charge in [-0.25, -0.2) is 0 Å². The second-order valence-corrected chi connectivity index (χ2v) is 10.8. The number of carbonyl (C=O) groups excluding carboxylic acids is 2. The molecule has 1 saturated heterocycles. The maximum absolute atomic E-state index is 13.1. The van der Waals surface area contributed by atoms with Gasteiger partial charge in [-0.15, -0.1) is 11.3 Å². The van der Waals surface area contributed by atoms with E-state index >= 15 is 0 Å². The Kier molecular flexibility index (Phi) is 8.51.